The Balaban J connectivity index is 1.96. The lowest BCUT2D eigenvalue weighted by Gasteiger charge is -2.33. The number of hydrogen-bond acceptors (Lipinski definition) is 1. The average molecular weight is 273 g/mol. The summed E-state index contributed by atoms with van der Waals surface area (Å²) in [5, 5.41) is 3.59. The molecule has 0 heterocycles. The van der Waals surface area contributed by atoms with Crippen molar-refractivity contribution in [2.24, 2.45) is 11.8 Å². The van der Waals surface area contributed by atoms with E-state index in [-0.39, 0.29) is 0 Å². The molecule has 0 amide bonds. The molecule has 0 radical (unpaired) electrons. The number of rotatable bonds is 5. The highest BCUT2D eigenvalue weighted by molar-refractivity contribution is 5.30. The van der Waals surface area contributed by atoms with Crippen LogP contribution in [0.1, 0.15) is 55.7 Å². The van der Waals surface area contributed by atoms with Gasteiger partial charge in [0.2, 0.25) is 0 Å². The van der Waals surface area contributed by atoms with Gasteiger partial charge in [-0.2, -0.15) is 0 Å². The Morgan fingerprint density at radius 1 is 1.10 bits per heavy atom. The van der Waals surface area contributed by atoms with E-state index in [0.29, 0.717) is 6.04 Å². The minimum absolute atomic E-state index is 0.648. The van der Waals surface area contributed by atoms with Crippen LogP contribution in [0.15, 0.2) is 18.2 Å². The Morgan fingerprint density at radius 3 is 2.35 bits per heavy atom. The maximum Gasteiger partial charge on any atom is 0.0133 e. The molecule has 0 bridgehead atoms. The zero-order valence-electron chi connectivity index (χ0n) is 13.7. The smallest absolute Gasteiger partial charge is 0.0133 e. The molecule has 2 rings (SSSR count). The molecule has 20 heavy (non-hydrogen) atoms. The molecule has 1 nitrogen and oxygen atoms in total. The van der Waals surface area contributed by atoms with E-state index in [4.69, 9.17) is 0 Å². The fourth-order valence-corrected chi connectivity index (χ4v) is 3.69. The van der Waals surface area contributed by atoms with Crippen LogP contribution in [-0.4, -0.2) is 13.1 Å². The molecular weight excluding hydrogens is 242 g/mol. The predicted molar refractivity (Wildman–Crippen MR) is 88.2 cm³/mol. The second-order valence-corrected chi connectivity index (χ2v) is 6.71. The van der Waals surface area contributed by atoms with E-state index in [2.05, 4.69) is 51.3 Å². The van der Waals surface area contributed by atoms with Crippen LogP contribution in [0.2, 0.25) is 0 Å². The fourth-order valence-electron chi connectivity index (χ4n) is 3.69. The summed E-state index contributed by atoms with van der Waals surface area (Å²) in [4.78, 5) is 0. The molecule has 1 N–H and O–H groups in total. The first-order chi connectivity index (χ1) is 9.63. The van der Waals surface area contributed by atoms with Gasteiger partial charge in [0, 0.05) is 6.04 Å². The Morgan fingerprint density at radius 2 is 1.80 bits per heavy atom. The molecule has 0 aliphatic heterocycles. The molecule has 1 aromatic rings. The molecule has 1 saturated carbocycles. The number of likely N-dealkylation sites (N-methyl/N-ethyl adjacent to an activating group) is 1. The summed E-state index contributed by atoms with van der Waals surface area (Å²) < 4.78 is 0. The zero-order valence-corrected chi connectivity index (χ0v) is 13.7. The monoisotopic (exact) mass is 273 g/mol. The third-order valence-electron chi connectivity index (χ3n) is 5.44. The molecule has 0 aromatic heterocycles. The summed E-state index contributed by atoms with van der Waals surface area (Å²) >= 11 is 0. The van der Waals surface area contributed by atoms with Gasteiger partial charge in [0.15, 0.2) is 0 Å². The van der Waals surface area contributed by atoms with E-state index in [1.165, 1.54) is 55.2 Å². The molecular formula is C19H31N. The average Bonchev–Trinajstić information content (AvgIpc) is 2.48. The quantitative estimate of drug-likeness (QED) is 0.823. The molecule has 1 unspecified atom stereocenters. The van der Waals surface area contributed by atoms with Gasteiger partial charge >= 0.3 is 0 Å². The largest absolute Gasteiger partial charge is 0.316 e. The highest BCUT2D eigenvalue weighted by Gasteiger charge is 2.26. The van der Waals surface area contributed by atoms with Gasteiger partial charge in [-0.3, -0.25) is 0 Å². The maximum atomic E-state index is 3.59. The number of nitrogens with one attached hydrogen (secondary N) is 1. The first kappa shape index (κ1) is 15.6. The first-order valence-corrected chi connectivity index (χ1v) is 8.37. The van der Waals surface area contributed by atoms with E-state index < -0.39 is 0 Å². The van der Waals surface area contributed by atoms with Crippen molar-refractivity contribution in [2.75, 3.05) is 7.05 Å². The van der Waals surface area contributed by atoms with Crippen LogP contribution in [0.3, 0.4) is 0 Å². The Kier molecular flexibility index (Phi) is 5.65. The molecule has 1 fully saturated rings. The van der Waals surface area contributed by atoms with Gasteiger partial charge in [-0.15, -0.1) is 0 Å². The molecule has 1 aliphatic carbocycles. The third kappa shape index (κ3) is 3.85. The summed E-state index contributed by atoms with van der Waals surface area (Å²) in [5.41, 5.74) is 4.32. The van der Waals surface area contributed by atoms with E-state index >= 15 is 0 Å². The van der Waals surface area contributed by atoms with Crippen molar-refractivity contribution < 1.29 is 0 Å². The second kappa shape index (κ2) is 7.26. The summed E-state index contributed by atoms with van der Waals surface area (Å²) in [5.74, 6) is 1.86. The summed E-state index contributed by atoms with van der Waals surface area (Å²) in [6.45, 7) is 6.76. The lowest BCUT2D eigenvalue weighted by Crippen LogP contribution is -2.37. The predicted octanol–water partition coefficient (Wildman–Crippen LogP) is 4.65. The van der Waals surface area contributed by atoms with Crippen molar-refractivity contribution in [1.82, 2.24) is 5.32 Å². The van der Waals surface area contributed by atoms with Crippen LogP contribution in [0, 0.1) is 25.7 Å². The standard InChI is InChI=1S/C19H31N/c1-5-16-8-10-18(11-9-16)19(20-4)13-17-7-6-14(2)15(3)12-17/h6-7,12,16,18-20H,5,8-11,13H2,1-4H3. The van der Waals surface area contributed by atoms with Gasteiger partial charge in [-0.25, -0.2) is 0 Å². The van der Waals surface area contributed by atoms with E-state index in [9.17, 15) is 0 Å². The van der Waals surface area contributed by atoms with Crippen molar-refractivity contribution >= 4 is 0 Å². The van der Waals surface area contributed by atoms with Gasteiger partial charge in [-0.05, 0) is 68.7 Å². The minimum atomic E-state index is 0.648. The van der Waals surface area contributed by atoms with E-state index in [0.717, 1.165) is 11.8 Å². The number of benzene rings is 1. The van der Waals surface area contributed by atoms with Crippen molar-refractivity contribution in [3.05, 3.63) is 34.9 Å². The van der Waals surface area contributed by atoms with Crippen LogP contribution in [0.4, 0.5) is 0 Å². The van der Waals surface area contributed by atoms with Gasteiger partial charge in [0.05, 0.1) is 0 Å². The molecule has 1 aromatic carbocycles. The number of aryl methyl sites for hydroxylation is 2. The van der Waals surface area contributed by atoms with Gasteiger partial charge in [0.25, 0.3) is 0 Å². The first-order valence-electron chi connectivity index (χ1n) is 8.37. The van der Waals surface area contributed by atoms with Gasteiger partial charge in [0.1, 0.15) is 0 Å². The van der Waals surface area contributed by atoms with Crippen LogP contribution in [0.5, 0.6) is 0 Å². The number of hydrogen-bond donors (Lipinski definition) is 1. The second-order valence-electron chi connectivity index (χ2n) is 6.71. The van der Waals surface area contributed by atoms with Crippen molar-refractivity contribution in [2.45, 2.75) is 65.3 Å². The maximum absolute atomic E-state index is 3.59. The van der Waals surface area contributed by atoms with Crippen molar-refractivity contribution in [3.63, 3.8) is 0 Å². The third-order valence-corrected chi connectivity index (χ3v) is 5.44. The van der Waals surface area contributed by atoms with Crippen LogP contribution in [0.25, 0.3) is 0 Å². The lowest BCUT2D eigenvalue weighted by molar-refractivity contribution is 0.222. The van der Waals surface area contributed by atoms with Crippen LogP contribution < -0.4 is 5.32 Å². The highest BCUT2D eigenvalue weighted by Crippen LogP contribution is 2.33. The van der Waals surface area contributed by atoms with Gasteiger partial charge < -0.3 is 5.32 Å². The molecule has 1 heteroatoms. The summed E-state index contributed by atoms with van der Waals surface area (Å²) in [6, 6.07) is 7.60. The molecule has 0 saturated heterocycles. The minimum Gasteiger partial charge on any atom is -0.316 e. The normalized spacial score (nSPS) is 24.6. The highest BCUT2D eigenvalue weighted by atomic mass is 14.9. The zero-order chi connectivity index (χ0) is 14.5. The summed E-state index contributed by atoms with van der Waals surface area (Å²) in [6.07, 6.45) is 8.25. The Bertz CT molecular complexity index is 416. The fraction of sp³-hybridized carbons (Fsp3) is 0.684. The van der Waals surface area contributed by atoms with E-state index in [1.807, 2.05) is 0 Å². The Hall–Kier alpha value is -0.820. The SMILES string of the molecule is CCC1CCC(C(Cc2ccc(C)c(C)c2)NC)CC1. The van der Waals surface area contributed by atoms with Gasteiger partial charge in [-0.1, -0.05) is 44.4 Å². The summed E-state index contributed by atoms with van der Waals surface area (Å²) in [7, 11) is 2.14. The van der Waals surface area contributed by atoms with Crippen LogP contribution in [-0.2, 0) is 6.42 Å². The van der Waals surface area contributed by atoms with Crippen LogP contribution >= 0.6 is 0 Å². The topological polar surface area (TPSA) is 12.0 Å². The van der Waals surface area contributed by atoms with E-state index in [1.54, 1.807) is 0 Å². The molecule has 112 valence electrons. The lowest BCUT2D eigenvalue weighted by atomic mass is 9.76. The molecule has 0 spiro atoms. The Labute approximate surface area is 125 Å². The molecule has 1 atom stereocenters. The van der Waals surface area contributed by atoms with Crippen molar-refractivity contribution in [3.8, 4) is 0 Å². The molecule has 1 aliphatic rings. The van der Waals surface area contributed by atoms with Crippen molar-refractivity contribution in [1.29, 1.82) is 0 Å².